The molecular weight excluding hydrogens is 355 g/mol. The van der Waals surface area contributed by atoms with Crippen LogP contribution < -0.4 is 10.6 Å². The van der Waals surface area contributed by atoms with Gasteiger partial charge in [-0.2, -0.15) is 13.2 Å². The first kappa shape index (κ1) is 18.6. The van der Waals surface area contributed by atoms with E-state index in [1.165, 1.54) is 25.0 Å². The Morgan fingerprint density at radius 2 is 2.00 bits per heavy atom. The number of piperidine rings is 1. The lowest BCUT2D eigenvalue weighted by molar-refractivity contribution is -0.137. The minimum atomic E-state index is -4.31. The Kier molecular flexibility index (Phi) is 4.82. The minimum absolute atomic E-state index is 0.0595. The number of fused-ring (bicyclic) bond motifs is 1. The highest BCUT2D eigenvalue weighted by atomic mass is 19.4. The number of rotatable bonds is 4. The Morgan fingerprint density at radius 1 is 1.22 bits per heavy atom. The minimum Gasteiger partial charge on any atom is -0.335 e. The Hall–Kier alpha value is -1.76. The van der Waals surface area contributed by atoms with Crippen LogP contribution in [0.15, 0.2) is 24.3 Å². The number of hydrogen-bond donors (Lipinski definition) is 2. The van der Waals surface area contributed by atoms with E-state index >= 15 is 0 Å². The van der Waals surface area contributed by atoms with E-state index in [2.05, 4.69) is 15.5 Å². The lowest BCUT2D eigenvalue weighted by Gasteiger charge is -2.32. The number of likely N-dealkylation sites (tertiary alicyclic amines) is 1. The molecule has 1 saturated heterocycles. The summed E-state index contributed by atoms with van der Waals surface area (Å²) in [7, 11) is 0. The first-order valence-corrected chi connectivity index (χ1v) is 9.81. The molecule has 0 aromatic heterocycles. The van der Waals surface area contributed by atoms with Gasteiger partial charge in [-0.1, -0.05) is 24.6 Å². The number of amides is 2. The number of nitrogens with zero attached hydrogens (tertiary/aromatic N) is 1. The Morgan fingerprint density at radius 3 is 2.63 bits per heavy atom. The summed E-state index contributed by atoms with van der Waals surface area (Å²) in [6.45, 7) is 2.05. The highest BCUT2D eigenvalue weighted by Crippen LogP contribution is 2.55. The molecule has 1 heterocycles. The van der Waals surface area contributed by atoms with Gasteiger partial charge >= 0.3 is 12.2 Å². The van der Waals surface area contributed by atoms with Crippen LogP contribution in [0, 0.1) is 5.92 Å². The highest BCUT2D eigenvalue weighted by Gasteiger charge is 2.57. The summed E-state index contributed by atoms with van der Waals surface area (Å²) in [4.78, 5) is 14.4. The van der Waals surface area contributed by atoms with Crippen LogP contribution >= 0.6 is 0 Å². The molecule has 7 heteroatoms. The molecule has 0 spiro atoms. The molecule has 27 heavy (non-hydrogen) atoms. The van der Waals surface area contributed by atoms with Crippen molar-refractivity contribution in [3.05, 3.63) is 35.4 Å². The number of urea groups is 1. The number of hydrogen-bond acceptors (Lipinski definition) is 2. The summed E-state index contributed by atoms with van der Waals surface area (Å²) in [5.41, 5.74) is 0.154. The molecule has 4 nitrogen and oxygen atoms in total. The van der Waals surface area contributed by atoms with Gasteiger partial charge in [0.15, 0.2) is 0 Å². The molecule has 2 aliphatic carbocycles. The second-order valence-corrected chi connectivity index (χ2v) is 8.30. The van der Waals surface area contributed by atoms with Crippen LogP contribution in [0.5, 0.6) is 0 Å². The molecule has 1 aliphatic heterocycles. The fourth-order valence-electron chi connectivity index (χ4n) is 4.73. The van der Waals surface area contributed by atoms with Gasteiger partial charge in [0.1, 0.15) is 0 Å². The maximum atomic E-state index is 12.8. The van der Waals surface area contributed by atoms with E-state index in [9.17, 15) is 18.0 Å². The summed E-state index contributed by atoms with van der Waals surface area (Å²) < 4.78 is 38.5. The van der Waals surface area contributed by atoms with Crippen molar-refractivity contribution in [3.63, 3.8) is 0 Å². The van der Waals surface area contributed by atoms with Gasteiger partial charge in [-0.15, -0.1) is 0 Å². The molecule has 0 bridgehead atoms. The molecular formula is C20H26F3N3O. The normalized spacial score (nSPS) is 28.6. The first-order valence-electron chi connectivity index (χ1n) is 9.81. The van der Waals surface area contributed by atoms with E-state index in [1.54, 1.807) is 6.07 Å². The van der Waals surface area contributed by atoms with Gasteiger partial charge in [-0.3, -0.25) is 4.90 Å². The summed E-state index contributed by atoms with van der Waals surface area (Å²) >= 11 is 0. The van der Waals surface area contributed by atoms with Gasteiger partial charge in [0, 0.05) is 31.2 Å². The first-order chi connectivity index (χ1) is 12.8. The van der Waals surface area contributed by atoms with Crippen LogP contribution in [0.4, 0.5) is 18.0 Å². The van der Waals surface area contributed by atoms with Gasteiger partial charge in [-0.25, -0.2) is 4.79 Å². The molecule has 2 atom stereocenters. The molecule has 1 aromatic carbocycles. The second kappa shape index (κ2) is 7.00. The van der Waals surface area contributed by atoms with Crippen molar-refractivity contribution in [2.45, 2.75) is 62.8 Å². The third kappa shape index (κ3) is 4.23. The van der Waals surface area contributed by atoms with Gasteiger partial charge in [0.2, 0.25) is 0 Å². The van der Waals surface area contributed by atoms with E-state index in [0.717, 1.165) is 44.8 Å². The standard InChI is InChI=1S/C20H26F3N3O/c21-20(22,23)15-4-1-3-14(11-15)13-26-9-6-17(7-10-26)24-18(27)25-19-8-2-5-16(19)12-19/h1,3-4,11,16-17H,2,5-10,12-13H2,(H2,24,25,27). The number of alkyl halides is 3. The molecule has 4 rings (SSSR count). The zero-order valence-corrected chi connectivity index (χ0v) is 15.3. The fraction of sp³-hybridized carbons (Fsp3) is 0.650. The lowest BCUT2D eigenvalue weighted by Crippen LogP contribution is -2.50. The molecule has 2 N–H and O–H groups in total. The molecule has 2 saturated carbocycles. The van der Waals surface area contributed by atoms with Crippen molar-refractivity contribution < 1.29 is 18.0 Å². The molecule has 3 aliphatic rings. The Labute approximate surface area is 157 Å². The highest BCUT2D eigenvalue weighted by molar-refractivity contribution is 5.76. The maximum Gasteiger partial charge on any atom is 0.416 e. The van der Waals surface area contributed by atoms with Crippen molar-refractivity contribution in [1.29, 1.82) is 0 Å². The lowest BCUT2D eigenvalue weighted by atomic mass is 10.0. The molecule has 3 fully saturated rings. The largest absolute Gasteiger partial charge is 0.416 e. The monoisotopic (exact) mass is 381 g/mol. The Bertz CT molecular complexity index is 700. The van der Waals surface area contributed by atoms with Crippen molar-refractivity contribution in [1.82, 2.24) is 15.5 Å². The average molecular weight is 381 g/mol. The van der Waals surface area contributed by atoms with E-state index in [1.807, 2.05) is 0 Å². The van der Waals surface area contributed by atoms with Crippen molar-refractivity contribution in [2.24, 2.45) is 5.92 Å². The summed E-state index contributed by atoms with van der Waals surface area (Å²) in [6.07, 6.45) is 1.99. The van der Waals surface area contributed by atoms with Gasteiger partial charge in [-0.05, 0) is 49.7 Å². The Balaban J connectivity index is 1.23. The van der Waals surface area contributed by atoms with E-state index in [4.69, 9.17) is 0 Å². The molecule has 2 unspecified atom stereocenters. The number of carbonyl (C=O) groups is 1. The van der Waals surface area contributed by atoms with Crippen LogP contribution in [0.25, 0.3) is 0 Å². The predicted octanol–water partition coefficient (Wildman–Crippen LogP) is 3.91. The second-order valence-electron chi connectivity index (χ2n) is 8.30. The summed E-state index contributed by atoms with van der Waals surface area (Å²) in [5.74, 6) is 0.678. The number of carbonyl (C=O) groups excluding carboxylic acids is 1. The van der Waals surface area contributed by atoms with Crippen LogP contribution in [0.1, 0.15) is 49.7 Å². The van der Waals surface area contributed by atoms with Gasteiger partial charge < -0.3 is 10.6 Å². The van der Waals surface area contributed by atoms with Gasteiger partial charge in [0.25, 0.3) is 0 Å². The predicted molar refractivity (Wildman–Crippen MR) is 96.1 cm³/mol. The van der Waals surface area contributed by atoms with Crippen molar-refractivity contribution in [2.75, 3.05) is 13.1 Å². The van der Waals surface area contributed by atoms with Crippen LogP contribution in [0.3, 0.4) is 0 Å². The maximum absolute atomic E-state index is 12.8. The van der Waals surface area contributed by atoms with E-state index in [0.29, 0.717) is 18.0 Å². The summed E-state index contributed by atoms with van der Waals surface area (Å²) in [5, 5.41) is 6.26. The van der Waals surface area contributed by atoms with Crippen LogP contribution in [-0.4, -0.2) is 35.6 Å². The molecule has 0 radical (unpaired) electrons. The van der Waals surface area contributed by atoms with Crippen molar-refractivity contribution >= 4 is 6.03 Å². The van der Waals surface area contributed by atoms with E-state index in [-0.39, 0.29) is 17.6 Å². The summed E-state index contributed by atoms with van der Waals surface area (Å²) in [6, 6.07) is 5.61. The van der Waals surface area contributed by atoms with Crippen LogP contribution in [-0.2, 0) is 12.7 Å². The smallest absolute Gasteiger partial charge is 0.335 e. The molecule has 2 amide bonds. The average Bonchev–Trinajstić information content (AvgIpc) is 3.14. The number of nitrogens with one attached hydrogen (secondary N) is 2. The van der Waals surface area contributed by atoms with Gasteiger partial charge in [0.05, 0.1) is 5.56 Å². The fourth-order valence-corrected chi connectivity index (χ4v) is 4.73. The quantitative estimate of drug-likeness (QED) is 0.831. The topological polar surface area (TPSA) is 44.4 Å². The molecule has 148 valence electrons. The number of benzene rings is 1. The number of halogens is 3. The zero-order chi connectivity index (χ0) is 19.1. The van der Waals surface area contributed by atoms with E-state index < -0.39 is 11.7 Å². The zero-order valence-electron chi connectivity index (χ0n) is 15.3. The van der Waals surface area contributed by atoms with Crippen LogP contribution in [0.2, 0.25) is 0 Å². The third-order valence-electron chi connectivity index (χ3n) is 6.35. The van der Waals surface area contributed by atoms with Crippen molar-refractivity contribution in [3.8, 4) is 0 Å². The molecule has 1 aromatic rings. The SMILES string of the molecule is O=C(NC1CCN(Cc2cccc(C(F)(F)F)c2)CC1)NC12CCCC1C2. The third-order valence-corrected chi connectivity index (χ3v) is 6.35.